The van der Waals surface area contributed by atoms with Crippen LogP contribution in [-0.4, -0.2) is 41.2 Å². The monoisotopic (exact) mass is 277 g/mol. The van der Waals surface area contributed by atoms with Crippen molar-refractivity contribution < 1.29 is 15.0 Å². The Morgan fingerprint density at radius 3 is 2.25 bits per heavy atom. The van der Waals surface area contributed by atoms with Crippen molar-refractivity contribution in [3.63, 3.8) is 0 Å². The van der Waals surface area contributed by atoms with Crippen LogP contribution in [0.3, 0.4) is 0 Å². The summed E-state index contributed by atoms with van der Waals surface area (Å²) >= 11 is 0. The minimum Gasteiger partial charge on any atom is -0.396 e. The lowest BCUT2D eigenvalue weighted by molar-refractivity contribution is -0.132. The van der Waals surface area contributed by atoms with E-state index in [4.69, 9.17) is 5.11 Å². The second kappa shape index (κ2) is 6.37. The third kappa shape index (κ3) is 3.38. The third-order valence-corrected chi connectivity index (χ3v) is 4.31. The summed E-state index contributed by atoms with van der Waals surface area (Å²) in [6, 6.07) is 7.43. The zero-order chi connectivity index (χ0) is 14.6. The Hall–Kier alpha value is -1.39. The first-order valence-corrected chi connectivity index (χ1v) is 7.12. The number of nitrogens with zero attached hydrogens (tertiary/aromatic N) is 1. The Morgan fingerprint density at radius 1 is 1.20 bits per heavy atom. The van der Waals surface area contributed by atoms with Gasteiger partial charge in [0.1, 0.15) is 0 Å². The summed E-state index contributed by atoms with van der Waals surface area (Å²) in [4.78, 5) is 13.9. The summed E-state index contributed by atoms with van der Waals surface area (Å²) in [6.45, 7) is 0.819. The number of aliphatic hydroxyl groups excluding tert-OH is 2. The zero-order valence-corrected chi connectivity index (χ0v) is 12.0. The predicted octanol–water partition coefficient (Wildman–Crippen LogP) is 1.34. The first-order chi connectivity index (χ1) is 9.58. The summed E-state index contributed by atoms with van der Waals surface area (Å²) in [5.41, 5.74) is 1.74. The fourth-order valence-electron chi connectivity index (χ4n) is 2.71. The molecule has 1 aliphatic rings. The van der Waals surface area contributed by atoms with Gasteiger partial charge in [0.25, 0.3) is 0 Å². The van der Waals surface area contributed by atoms with Crippen molar-refractivity contribution in [1.82, 2.24) is 4.90 Å². The number of hydrogen-bond donors (Lipinski definition) is 2. The van der Waals surface area contributed by atoms with Crippen LogP contribution in [0.25, 0.3) is 0 Å². The van der Waals surface area contributed by atoms with Crippen molar-refractivity contribution in [2.75, 3.05) is 20.2 Å². The SMILES string of the molecule is CN(CC1(CO)CCC1)C(=O)Cc1ccc(CO)cc1. The van der Waals surface area contributed by atoms with Crippen molar-refractivity contribution in [1.29, 1.82) is 0 Å². The standard InChI is InChI=1S/C16H23NO3/c1-17(11-16(12-19)7-2-8-16)15(20)9-13-3-5-14(10-18)6-4-13/h3-6,18-19H,2,7-12H2,1H3. The molecule has 1 amide bonds. The van der Waals surface area contributed by atoms with Crippen LogP contribution in [0.4, 0.5) is 0 Å². The van der Waals surface area contributed by atoms with Crippen molar-refractivity contribution in [3.8, 4) is 0 Å². The molecule has 2 N–H and O–H groups in total. The molecule has 0 atom stereocenters. The van der Waals surface area contributed by atoms with Gasteiger partial charge in [-0.25, -0.2) is 0 Å². The third-order valence-electron chi connectivity index (χ3n) is 4.31. The van der Waals surface area contributed by atoms with Crippen LogP contribution >= 0.6 is 0 Å². The van der Waals surface area contributed by atoms with E-state index in [0.717, 1.165) is 30.4 Å². The van der Waals surface area contributed by atoms with Gasteiger partial charge in [-0.05, 0) is 24.0 Å². The average molecular weight is 277 g/mol. The maximum Gasteiger partial charge on any atom is 0.226 e. The molecule has 110 valence electrons. The average Bonchev–Trinajstić information content (AvgIpc) is 2.43. The first kappa shape index (κ1) is 15.0. The van der Waals surface area contributed by atoms with E-state index in [2.05, 4.69) is 0 Å². The molecule has 1 fully saturated rings. The topological polar surface area (TPSA) is 60.8 Å². The second-order valence-corrected chi connectivity index (χ2v) is 5.91. The van der Waals surface area contributed by atoms with Crippen LogP contribution in [0.1, 0.15) is 30.4 Å². The van der Waals surface area contributed by atoms with Gasteiger partial charge in [-0.3, -0.25) is 4.79 Å². The van der Waals surface area contributed by atoms with E-state index < -0.39 is 0 Å². The fraction of sp³-hybridized carbons (Fsp3) is 0.562. The highest BCUT2D eigenvalue weighted by atomic mass is 16.3. The maximum absolute atomic E-state index is 12.2. The van der Waals surface area contributed by atoms with Crippen molar-refractivity contribution in [3.05, 3.63) is 35.4 Å². The van der Waals surface area contributed by atoms with E-state index in [9.17, 15) is 9.90 Å². The molecule has 2 rings (SSSR count). The molecule has 0 bridgehead atoms. The molecule has 0 aliphatic heterocycles. The van der Waals surface area contributed by atoms with Gasteiger partial charge in [-0.1, -0.05) is 30.7 Å². The Kier molecular flexibility index (Phi) is 4.78. The van der Waals surface area contributed by atoms with E-state index >= 15 is 0 Å². The van der Waals surface area contributed by atoms with Gasteiger partial charge in [-0.15, -0.1) is 0 Å². The molecule has 20 heavy (non-hydrogen) atoms. The molecule has 4 heteroatoms. The predicted molar refractivity (Wildman–Crippen MR) is 77.1 cm³/mol. The lowest BCUT2D eigenvalue weighted by Crippen LogP contribution is -2.45. The number of aliphatic hydroxyl groups is 2. The summed E-state index contributed by atoms with van der Waals surface area (Å²) in [5, 5.41) is 18.4. The summed E-state index contributed by atoms with van der Waals surface area (Å²) < 4.78 is 0. The molecule has 1 aromatic carbocycles. The van der Waals surface area contributed by atoms with Crippen LogP contribution in [0.15, 0.2) is 24.3 Å². The van der Waals surface area contributed by atoms with Gasteiger partial charge in [0.2, 0.25) is 5.91 Å². The highest BCUT2D eigenvalue weighted by Crippen LogP contribution is 2.40. The molecule has 4 nitrogen and oxygen atoms in total. The molecule has 0 aromatic heterocycles. The molecular weight excluding hydrogens is 254 g/mol. The molecule has 1 aromatic rings. The van der Waals surface area contributed by atoms with Crippen LogP contribution in [-0.2, 0) is 17.8 Å². The number of amides is 1. The minimum atomic E-state index is -0.0643. The fourth-order valence-corrected chi connectivity index (χ4v) is 2.71. The number of carbonyl (C=O) groups is 1. The lowest BCUT2D eigenvalue weighted by atomic mass is 9.69. The number of carbonyl (C=O) groups excluding carboxylic acids is 1. The van der Waals surface area contributed by atoms with E-state index in [1.807, 2.05) is 24.3 Å². The van der Waals surface area contributed by atoms with E-state index in [1.165, 1.54) is 0 Å². The lowest BCUT2D eigenvalue weighted by Gasteiger charge is -2.42. The Morgan fingerprint density at radius 2 is 1.80 bits per heavy atom. The molecule has 0 spiro atoms. The first-order valence-electron chi connectivity index (χ1n) is 7.12. The van der Waals surface area contributed by atoms with Crippen LogP contribution < -0.4 is 0 Å². The number of hydrogen-bond acceptors (Lipinski definition) is 3. The minimum absolute atomic E-state index is 0.0210. The van der Waals surface area contributed by atoms with Crippen LogP contribution in [0.2, 0.25) is 0 Å². The van der Waals surface area contributed by atoms with Crippen molar-refractivity contribution in [2.24, 2.45) is 5.41 Å². The molecule has 0 radical (unpaired) electrons. The molecule has 1 saturated carbocycles. The van der Waals surface area contributed by atoms with Crippen molar-refractivity contribution in [2.45, 2.75) is 32.3 Å². The highest BCUT2D eigenvalue weighted by molar-refractivity contribution is 5.78. The van der Waals surface area contributed by atoms with E-state index in [-0.39, 0.29) is 24.5 Å². The Labute approximate surface area is 120 Å². The maximum atomic E-state index is 12.2. The summed E-state index contributed by atoms with van der Waals surface area (Å²) in [7, 11) is 1.81. The van der Waals surface area contributed by atoms with Gasteiger partial charge in [0.05, 0.1) is 19.6 Å². The molecule has 0 heterocycles. The molecular formula is C16H23NO3. The van der Waals surface area contributed by atoms with Gasteiger partial charge >= 0.3 is 0 Å². The van der Waals surface area contributed by atoms with Gasteiger partial charge < -0.3 is 15.1 Å². The van der Waals surface area contributed by atoms with E-state index in [0.29, 0.717) is 13.0 Å². The Bertz CT molecular complexity index is 446. The second-order valence-electron chi connectivity index (χ2n) is 5.91. The van der Waals surface area contributed by atoms with Gasteiger partial charge in [-0.2, -0.15) is 0 Å². The molecule has 0 unspecified atom stereocenters. The van der Waals surface area contributed by atoms with Gasteiger partial charge in [0, 0.05) is 19.0 Å². The summed E-state index contributed by atoms with van der Waals surface area (Å²) in [6.07, 6.45) is 3.52. The number of likely N-dealkylation sites (N-methyl/N-ethyl adjacent to an activating group) is 1. The summed E-state index contributed by atoms with van der Waals surface area (Å²) in [5.74, 6) is 0.0708. The highest BCUT2D eigenvalue weighted by Gasteiger charge is 2.38. The van der Waals surface area contributed by atoms with Crippen LogP contribution in [0, 0.1) is 5.41 Å². The van der Waals surface area contributed by atoms with Crippen molar-refractivity contribution >= 4 is 5.91 Å². The smallest absolute Gasteiger partial charge is 0.226 e. The zero-order valence-electron chi connectivity index (χ0n) is 12.0. The Balaban J connectivity index is 1.89. The number of benzene rings is 1. The largest absolute Gasteiger partial charge is 0.396 e. The number of rotatable bonds is 6. The normalized spacial score (nSPS) is 16.6. The van der Waals surface area contributed by atoms with Gasteiger partial charge in [0.15, 0.2) is 0 Å². The molecule has 1 aliphatic carbocycles. The molecule has 0 saturated heterocycles. The van der Waals surface area contributed by atoms with E-state index in [1.54, 1.807) is 11.9 Å². The van der Waals surface area contributed by atoms with Crippen LogP contribution in [0.5, 0.6) is 0 Å². The quantitative estimate of drug-likeness (QED) is 0.825.